The highest BCUT2D eigenvalue weighted by Gasteiger charge is 2.26. The molecule has 1 N–H and O–H groups in total. The maximum absolute atomic E-state index is 12.8. The van der Waals surface area contributed by atoms with E-state index >= 15 is 0 Å². The summed E-state index contributed by atoms with van der Waals surface area (Å²) in [5.41, 5.74) is 5.10. The number of carbonyl (C=O) groups is 1. The lowest BCUT2D eigenvalue weighted by molar-refractivity contribution is -0.133. The van der Waals surface area contributed by atoms with E-state index in [4.69, 9.17) is 0 Å². The zero-order valence-electron chi connectivity index (χ0n) is 14.8. The van der Waals surface area contributed by atoms with Crippen LogP contribution >= 0.6 is 0 Å². The summed E-state index contributed by atoms with van der Waals surface area (Å²) in [4.78, 5) is 20.7. The summed E-state index contributed by atoms with van der Waals surface area (Å²) in [6, 6.07) is 6.54. The number of nitrogens with one attached hydrogen (secondary N) is 1. The summed E-state index contributed by atoms with van der Waals surface area (Å²) in [5, 5.41) is 1.29. The van der Waals surface area contributed by atoms with E-state index in [2.05, 4.69) is 46.8 Å². The summed E-state index contributed by atoms with van der Waals surface area (Å²) in [6.07, 6.45) is 3.38. The van der Waals surface area contributed by atoms with Crippen molar-refractivity contribution in [1.82, 2.24) is 14.8 Å². The molecule has 0 spiro atoms. The Morgan fingerprint density at radius 2 is 2.04 bits per heavy atom. The second-order valence-electron chi connectivity index (χ2n) is 7.66. The molecular weight excluding hydrogens is 298 g/mol. The molecule has 3 heterocycles. The smallest absolute Gasteiger partial charge is 0.237 e. The number of nitrogens with zero attached hydrogens (tertiary/aromatic N) is 2. The molecule has 2 aliphatic rings. The van der Waals surface area contributed by atoms with E-state index in [0.29, 0.717) is 6.54 Å². The number of H-pyrrole nitrogens is 1. The molecule has 2 aromatic rings. The Balaban J connectivity index is 1.48. The van der Waals surface area contributed by atoms with Gasteiger partial charge in [0.1, 0.15) is 0 Å². The summed E-state index contributed by atoms with van der Waals surface area (Å²) >= 11 is 0. The van der Waals surface area contributed by atoms with Crippen LogP contribution in [0.3, 0.4) is 0 Å². The molecule has 1 aromatic carbocycles. The van der Waals surface area contributed by atoms with Crippen molar-refractivity contribution >= 4 is 16.8 Å². The van der Waals surface area contributed by atoms with E-state index < -0.39 is 0 Å². The van der Waals surface area contributed by atoms with E-state index in [1.165, 1.54) is 40.6 Å². The van der Waals surface area contributed by atoms with Crippen LogP contribution in [0.25, 0.3) is 10.9 Å². The minimum Gasteiger partial charge on any atom is -0.358 e. The van der Waals surface area contributed by atoms with E-state index in [-0.39, 0.29) is 5.91 Å². The van der Waals surface area contributed by atoms with Crippen LogP contribution in [-0.4, -0.2) is 46.9 Å². The van der Waals surface area contributed by atoms with Crippen LogP contribution in [-0.2, 0) is 17.8 Å². The van der Waals surface area contributed by atoms with Gasteiger partial charge in [-0.15, -0.1) is 0 Å². The SMILES string of the molecule is Cc1ccc2[nH]c3c(c2c1)CN(C(=O)CN1CCC(C)CC1)CC3. The van der Waals surface area contributed by atoms with Crippen LogP contribution in [0.1, 0.15) is 36.6 Å². The highest BCUT2D eigenvalue weighted by Crippen LogP contribution is 2.28. The number of likely N-dealkylation sites (tertiary alicyclic amines) is 1. The molecule has 0 aliphatic carbocycles. The average molecular weight is 325 g/mol. The van der Waals surface area contributed by atoms with E-state index in [1.807, 2.05) is 0 Å². The predicted molar refractivity (Wildman–Crippen MR) is 97.0 cm³/mol. The summed E-state index contributed by atoms with van der Waals surface area (Å²) in [6.45, 7) is 8.75. The Kier molecular flexibility index (Phi) is 4.09. The first-order chi connectivity index (χ1) is 11.6. The molecule has 128 valence electrons. The molecule has 2 aliphatic heterocycles. The van der Waals surface area contributed by atoms with Gasteiger partial charge in [0.05, 0.1) is 6.54 Å². The van der Waals surface area contributed by atoms with Gasteiger partial charge in [0.2, 0.25) is 5.91 Å². The zero-order chi connectivity index (χ0) is 16.7. The number of carbonyl (C=O) groups excluding carboxylic acids is 1. The summed E-state index contributed by atoms with van der Waals surface area (Å²) in [5.74, 6) is 1.10. The Morgan fingerprint density at radius 3 is 2.83 bits per heavy atom. The number of hydrogen-bond acceptors (Lipinski definition) is 2. The molecule has 0 unspecified atom stereocenters. The van der Waals surface area contributed by atoms with E-state index in [0.717, 1.165) is 38.5 Å². The number of aromatic amines is 1. The fraction of sp³-hybridized carbons (Fsp3) is 0.550. The van der Waals surface area contributed by atoms with Crippen molar-refractivity contribution < 1.29 is 4.79 Å². The number of piperidine rings is 1. The quantitative estimate of drug-likeness (QED) is 0.921. The number of amides is 1. The molecule has 1 fully saturated rings. The number of hydrogen-bond donors (Lipinski definition) is 1. The fourth-order valence-corrected chi connectivity index (χ4v) is 4.05. The molecule has 0 saturated carbocycles. The van der Waals surface area contributed by atoms with Gasteiger partial charge in [-0.25, -0.2) is 0 Å². The zero-order valence-corrected chi connectivity index (χ0v) is 14.8. The van der Waals surface area contributed by atoms with Crippen LogP contribution in [0.2, 0.25) is 0 Å². The van der Waals surface area contributed by atoms with Crippen molar-refractivity contribution in [3.63, 3.8) is 0 Å². The highest BCUT2D eigenvalue weighted by molar-refractivity contribution is 5.87. The molecule has 1 saturated heterocycles. The number of fused-ring (bicyclic) bond motifs is 3. The van der Waals surface area contributed by atoms with Crippen molar-refractivity contribution in [1.29, 1.82) is 0 Å². The number of rotatable bonds is 2. The number of aromatic nitrogens is 1. The van der Waals surface area contributed by atoms with Gasteiger partial charge in [-0.05, 0) is 50.9 Å². The molecule has 0 radical (unpaired) electrons. The van der Waals surface area contributed by atoms with Crippen LogP contribution in [0.4, 0.5) is 0 Å². The topological polar surface area (TPSA) is 39.3 Å². The lowest BCUT2D eigenvalue weighted by Gasteiger charge is -2.33. The summed E-state index contributed by atoms with van der Waals surface area (Å²) < 4.78 is 0. The maximum atomic E-state index is 12.8. The first kappa shape index (κ1) is 15.7. The van der Waals surface area contributed by atoms with Crippen LogP contribution in [0.15, 0.2) is 18.2 Å². The Morgan fingerprint density at radius 1 is 1.25 bits per heavy atom. The average Bonchev–Trinajstić information content (AvgIpc) is 2.94. The molecular formula is C20H27N3O. The highest BCUT2D eigenvalue weighted by atomic mass is 16.2. The number of benzene rings is 1. The van der Waals surface area contributed by atoms with Crippen molar-refractivity contribution in [2.75, 3.05) is 26.2 Å². The molecule has 24 heavy (non-hydrogen) atoms. The Labute approximate surface area is 143 Å². The lowest BCUT2D eigenvalue weighted by atomic mass is 9.99. The molecule has 4 rings (SSSR count). The van der Waals surface area contributed by atoms with E-state index in [9.17, 15) is 4.79 Å². The molecule has 4 nitrogen and oxygen atoms in total. The fourth-order valence-electron chi connectivity index (χ4n) is 4.05. The third-order valence-corrected chi connectivity index (χ3v) is 5.72. The normalized spacial score (nSPS) is 19.7. The number of aryl methyl sites for hydroxylation is 1. The second-order valence-corrected chi connectivity index (χ2v) is 7.66. The maximum Gasteiger partial charge on any atom is 0.237 e. The second kappa shape index (κ2) is 6.25. The third kappa shape index (κ3) is 2.95. The van der Waals surface area contributed by atoms with Gasteiger partial charge >= 0.3 is 0 Å². The standard InChI is InChI=1S/C20H27N3O/c1-14-5-8-22(9-6-14)13-20(24)23-10-7-19-17(12-23)16-11-15(2)3-4-18(16)21-19/h3-4,11,14,21H,5-10,12-13H2,1-2H3. The monoisotopic (exact) mass is 325 g/mol. The van der Waals surface area contributed by atoms with Gasteiger partial charge < -0.3 is 9.88 Å². The van der Waals surface area contributed by atoms with Gasteiger partial charge in [-0.3, -0.25) is 9.69 Å². The van der Waals surface area contributed by atoms with E-state index in [1.54, 1.807) is 0 Å². The van der Waals surface area contributed by atoms with Gasteiger partial charge in [0, 0.05) is 41.7 Å². The Bertz CT molecular complexity index is 756. The Hall–Kier alpha value is -1.81. The molecule has 1 aromatic heterocycles. The first-order valence-corrected chi connectivity index (χ1v) is 9.20. The van der Waals surface area contributed by atoms with Gasteiger partial charge in [0.15, 0.2) is 0 Å². The minimum atomic E-state index is 0.289. The molecule has 0 atom stereocenters. The van der Waals surface area contributed by atoms with Gasteiger partial charge in [-0.2, -0.15) is 0 Å². The van der Waals surface area contributed by atoms with Gasteiger partial charge in [-0.1, -0.05) is 18.6 Å². The van der Waals surface area contributed by atoms with Crippen molar-refractivity contribution in [3.8, 4) is 0 Å². The van der Waals surface area contributed by atoms with Crippen molar-refractivity contribution in [2.45, 2.75) is 39.7 Å². The van der Waals surface area contributed by atoms with Crippen LogP contribution in [0.5, 0.6) is 0 Å². The largest absolute Gasteiger partial charge is 0.358 e. The molecule has 0 bridgehead atoms. The first-order valence-electron chi connectivity index (χ1n) is 9.20. The van der Waals surface area contributed by atoms with Crippen molar-refractivity contribution in [3.05, 3.63) is 35.0 Å². The minimum absolute atomic E-state index is 0.289. The van der Waals surface area contributed by atoms with Crippen LogP contribution < -0.4 is 0 Å². The third-order valence-electron chi connectivity index (χ3n) is 5.72. The summed E-state index contributed by atoms with van der Waals surface area (Å²) in [7, 11) is 0. The van der Waals surface area contributed by atoms with Crippen molar-refractivity contribution in [2.24, 2.45) is 5.92 Å². The molecule has 1 amide bonds. The lowest BCUT2D eigenvalue weighted by Crippen LogP contribution is -2.44. The van der Waals surface area contributed by atoms with Crippen LogP contribution in [0, 0.1) is 12.8 Å². The predicted octanol–water partition coefficient (Wildman–Crippen LogP) is 3.09. The molecule has 4 heteroatoms. The van der Waals surface area contributed by atoms with Gasteiger partial charge in [0.25, 0.3) is 0 Å².